The molecule has 1 saturated heterocycles. The zero-order chi connectivity index (χ0) is 20.1. The van der Waals surface area contributed by atoms with Crippen LogP contribution in [0.2, 0.25) is 0 Å². The highest BCUT2D eigenvalue weighted by molar-refractivity contribution is 6.04. The average molecular weight is 380 g/mol. The molecule has 3 amide bonds. The van der Waals surface area contributed by atoms with E-state index in [-0.39, 0.29) is 17.9 Å². The van der Waals surface area contributed by atoms with Crippen molar-refractivity contribution in [1.82, 2.24) is 10.2 Å². The summed E-state index contributed by atoms with van der Waals surface area (Å²) in [6.45, 7) is 5.76. The standard InChI is InChI=1S/C23H29N3O2/c1-16(2)17-9-11-21(12-10-17)25-22(27)19-7-4-6-18(14-19)20-8-5-13-26(15-20)23(28)24-3/h4,6-7,9-12,14,16,20H,5,8,13,15H2,1-3H3,(H,24,28)(H,25,27). The summed E-state index contributed by atoms with van der Waals surface area (Å²) >= 11 is 0. The second-order valence-electron chi connectivity index (χ2n) is 7.70. The van der Waals surface area contributed by atoms with E-state index in [2.05, 4.69) is 24.5 Å². The molecule has 0 aromatic heterocycles. The maximum absolute atomic E-state index is 12.7. The largest absolute Gasteiger partial charge is 0.341 e. The van der Waals surface area contributed by atoms with E-state index < -0.39 is 0 Å². The van der Waals surface area contributed by atoms with Gasteiger partial charge in [-0.2, -0.15) is 0 Å². The Bertz CT molecular complexity index is 830. The first kappa shape index (κ1) is 19.9. The molecule has 0 bridgehead atoms. The number of urea groups is 1. The van der Waals surface area contributed by atoms with Crippen molar-refractivity contribution in [2.45, 2.75) is 38.5 Å². The molecule has 28 heavy (non-hydrogen) atoms. The number of rotatable bonds is 4. The molecule has 1 atom stereocenters. The third kappa shape index (κ3) is 4.71. The predicted molar refractivity (Wildman–Crippen MR) is 113 cm³/mol. The highest BCUT2D eigenvalue weighted by Gasteiger charge is 2.24. The van der Waals surface area contributed by atoms with Crippen LogP contribution in [0.1, 0.15) is 60.0 Å². The molecule has 1 fully saturated rings. The van der Waals surface area contributed by atoms with Crippen LogP contribution in [-0.4, -0.2) is 37.0 Å². The number of likely N-dealkylation sites (tertiary alicyclic amines) is 1. The van der Waals surface area contributed by atoms with Gasteiger partial charge in [0.25, 0.3) is 5.91 Å². The maximum Gasteiger partial charge on any atom is 0.317 e. The van der Waals surface area contributed by atoms with E-state index >= 15 is 0 Å². The van der Waals surface area contributed by atoms with Gasteiger partial charge in [0.15, 0.2) is 0 Å². The van der Waals surface area contributed by atoms with Gasteiger partial charge in [0.1, 0.15) is 0 Å². The van der Waals surface area contributed by atoms with E-state index in [0.29, 0.717) is 18.0 Å². The lowest BCUT2D eigenvalue weighted by Crippen LogP contribution is -2.43. The third-order valence-corrected chi connectivity index (χ3v) is 5.38. The number of carbonyl (C=O) groups is 2. The molecule has 1 heterocycles. The fraction of sp³-hybridized carbons (Fsp3) is 0.391. The number of amides is 3. The molecule has 0 saturated carbocycles. The van der Waals surface area contributed by atoms with E-state index in [1.54, 1.807) is 7.05 Å². The number of anilines is 1. The molecule has 3 rings (SSSR count). The molecular formula is C23H29N3O2. The smallest absolute Gasteiger partial charge is 0.317 e. The molecule has 2 N–H and O–H groups in total. The molecule has 148 valence electrons. The minimum atomic E-state index is -0.113. The Labute approximate surface area is 167 Å². The van der Waals surface area contributed by atoms with E-state index in [4.69, 9.17) is 0 Å². The number of hydrogen-bond acceptors (Lipinski definition) is 2. The van der Waals surface area contributed by atoms with Crippen molar-refractivity contribution in [3.05, 3.63) is 65.2 Å². The van der Waals surface area contributed by atoms with Crippen LogP contribution in [0.5, 0.6) is 0 Å². The summed E-state index contributed by atoms with van der Waals surface area (Å²) in [5.41, 5.74) is 3.79. The van der Waals surface area contributed by atoms with Gasteiger partial charge >= 0.3 is 6.03 Å². The lowest BCUT2D eigenvalue weighted by atomic mass is 9.89. The fourth-order valence-electron chi connectivity index (χ4n) is 3.68. The normalized spacial score (nSPS) is 16.7. The monoisotopic (exact) mass is 379 g/mol. The Hall–Kier alpha value is -2.82. The lowest BCUT2D eigenvalue weighted by molar-refractivity contribution is 0.102. The summed E-state index contributed by atoms with van der Waals surface area (Å²) in [6.07, 6.45) is 1.99. The molecule has 1 unspecified atom stereocenters. The Balaban J connectivity index is 1.70. The van der Waals surface area contributed by atoms with Crippen molar-refractivity contribution in [1.29, 1.82) is 0 Å². The molecule has 0 spiro atoms. The van der Waals surface area contributed by atoms with Crippen LogP contribution in [-0.2, 0) is 0 Å². The highest BCUT2D eigenvalue weighted by atomic mass is 16.2. The molecule has 2 aromatic carbocycles. The summed E-state index contributed by atoms with van der Waals surface area (Å²) in [4.78, 5) is 26.5. The van der Waals surface area contributed by atoms with Crippen LogP contribution in [0.15, 0.2) is 48.5 Å². The fourth-order valence-corrected chi connectivity index (χ4v) is 3.68. The Morgan fingerprint density at radius 3 is 2.54 bits per heavy atom. The zero-order valence-corrected chi connectivity index (χ0v) is 16.9. The van der Waals surface area contributed by atoms with Crippen LogP contribution in [0, 0.1) is 0 Å². The van der Waals surface area contributed by atoms with Gasteiger partial charge in [0.2, 0.25) is 0 Å². The van der Waals surface area contributed by atoms with Crippen LogP contribution in [0.4, 0.5) is 10.5 Å². The zero-order valence-electron chi connectivity index (χ0n) is 16.9. The van der Waals surface area contributed by atoms with Gasteiger partial charge in [-0.05, 0) is 54.2 Å². The van der Waals surface area contributed by atoms with E-state index in [1.165, 1.54) is 5.56 Å². The van der Waals surface area contributed by atoms with Gasteiger partial charge in [0, 0.05) is 37.3 Å². The van der Waals surface area contributed by atoms with Gasteiger partial charge in [-0.25, -0.2) is 4.79 Å². The molecule has 1 aliphatic heterocycles. The van der Waals surface area contributed by atoms with Gasteiger partial charge in [-0.1, -0.05) is 38.1 Å². The minimum absolute atomic E-state index is 0.0385. The van der Waals surface area contributed by atoms with Crippen molar-refractivity contribution < 1.29 is 9.59 Å². The second-order valence-corrected chi connectivity index (χ2v) is 7.70. The molecule has 5 nitrogen and oxygen atoms in total. The van der Waals surface area contributed by atoms with E-state index in [9.17, 15) is 9.59 Å². The summed E-state index contributed by atoms with van der Waals surface area (Å²) in [6, 6.07) is 15.7. The maximum atomic E-state index is 12.7. The van der Waals surface area contributed by atoms with Crippen LogP contribution >= 0.6 is 0 Å². The number of carbonyl (C=O) groups excluding carboxylic acids is 2. The van der Waals surface area contributed by atoms with Crippen LogP contribution < -0.4 is 10.6 Å². The number of nitrogens with one attached hydrogen (secondary N) is 2. The third-order valence-electron chi connectivity index (χ3n) is 5.38. The summed E-state index contributed by atoms with van der Waals surface area (Å²) in [7, 11) is 1.66. The molecule has 0 radical (unpaired) electrons. The van der Waals surface area contributed by atoms with Gasteiger partial charge in [0.05, 0.1) is 0 Å². The minimum Gasteiger partial charge on any atom is -0.341 e. The quantitative estimate of drug-likeness (QED) is 0.817. The predicted octanol–water partition coefficient (Wildman–Crippen LogP) is 4.58. The number of piperidine rings is 1. The number of benzene rings is 2. The summed E-state index contributed by atoms with van der Waals surface area (Å²) < 4.78 is 0. The Morgan fingerprint density at radius 2 is 1.86 bits per heavy atom. The molecule has 5 heteroatoms. The SMILES string of the molecule is CNC(=O)N1CCCC(c2cccc(C(=O)Nc3ccc(C(C)C)cc3)c2)C1. The first-order chi connectivity index (χ1) is 13.5. The van der Waals surface area contributed by atoms with E-state index in [1.807, 2.05) is 53.4 Å². The van der Waals surface area contributed by atoms with Crippen LogP contribution in [0.3, 0.4) is 0 Å². The van der Waals surface area contributed by atoms with Crippen molar-refractivity contribution in [2.75, 3.05) is 25.5 Å². The van der Waals surface area contributed by atoms with Gasteiger partial charge < -0.3 is 15.5 Å². The van der Waals surface area contributed by atoms with Crippen LogP contribution in [0.25, 0.3) is 0 Å². The van der Waals surface area contributed by atoms with Crippen molar-refractivity contribution in [3.63, 3.8) is 0 Å². The van der Waals surface area contributed by atoms with Crippen molar-refractivity contribution >= 4 is 17.6 Å². The number of hydrogen-bond donors (Lipinski definition) is 2. The topological polar surface area (TPSA) is 61.4 Å². The first-order valence-electron chi connectivity index (χ1n) is 9.96. The van der Waals surface area contributed by atoms with Gasteiger partial charge in [-0.3, -0.25) is 4.79 Å². The van der Waals surface area contributed by atoms with E-state index in [0.717, 1.165) is 30.6 Å². The molecule has 1 aliphatic rings. The summed E-state index contributed by atoms with van der Waals surface area (Å²) in [5.74, 6) is 0.605. The highest BCUT2D eigenvalue weighted by Crippen LogP contribution is 2.28. The van der Waals surface area contributed by atoms with Crippen molar-refractivity contribution in [3.8, 4) is 0 Å². The summed E-state index contributed by atoms with van der Waals surface area (Å²) in [5, 5.41) is 5.67. The first-order valence-corrected chi connectivity index (χ1v) is 9.96. The van der Waals surface area contributed by atoms with Gasteiger partial charge in [-0.15, -0.1) is 0 Å². The Morgan fingerprint density at radius 1 is 1.11 bits per heavy atom. The molecular weight excluding hydrogens is 350 g/mol. The van der Waals surface area contributed by atoms with Crippen molar-refractivity contribution in [2.24, 2.45) is 0 Å². The molecule has 2 aromatic rings. The molecule has 0 aliphatic carbocycles. The second kappa shape index (κ2) is 8.91. The average Bonchev–Trinajstić information content (AvgIpc) is 2.73. The number of nitrogens with zero attached hydrogens (tertiary/aromatic N) is 1. The lowest BCUT2D eigenvalue weighted by Gasteiger charge is -2.32. The Kier molecular flexibility index (Phi) is 6.34.